The summed E-state index contributed by atoms with van der Waals surface area (Å²) in [4.78, 5) is 0. The molecule has 33 heavy (non-hydrogen) atoms. The predicted octanol–water partition coefficient (Wildman–Crippen LogP) is 8.82. The van der Waals surface area contributed by atoms with Gasteiger partial charge < -0.3 is 14.8 Å². The quantitative estimate of drug-likeness (QED) is 0.314. The monoisotopic (exact) mass is 563 g/mol. The number of anilines is 1. The number of fused-ring (bicyclic) bond motifs is 3. The largest absolute Gasteiger partial charge is 0.493 e. The van der Waals surface area contributed by atoms with Crippen LogP contribution in [0.5, 0.6) is 11.5 Å². The van der Waals surface area contributed by atoms with Crippen molar-refractivity contribution in [2.45, 2.75) is 25.0 Å². The second-order valence-electron chi connectivity index (χ2n) is 8.27. The van der Waals surface area contributed by atoms with E-state index in [-0.39, 0.29) is 6.04 Å². The van der Waals surface area contributed by atoms with Crippen LogP contribution in [-0.4, -0.2) is 7.11 Å². The van der Waals surface area contributed by atoms with Gasteiger partial charge in [-0.3, -0.25) is 0 Å². The van der Waals surface area contributed by atoms with Gasteiger partial charge in [-0.1, -0.05) is 53.0 Å². The lowest BCUT2D eigenvalue weighted by Gasteiger charge is -2.38. The molecular formula is C26H21BrCl3NO2. The Kier molecular flexibility index (Phi) is 6.54. The Morgan fingerprint density at radius 3 is 2.61 bits per heavy atom. The third-order valence-corrected chi connectivity index (χ3v) is 7.73. The first-order valence-electron chi connectivity index (χ1n) is 10.6. The van der Waals surface area contributed by atoms with Gasteiger partial charge in [0.2, 0.25) is 0 Å². The summed E-state index contributed by atoms with van der Waals surface area (Å²) >= 11 is 22.3. The first-order valence-corrected chi connectivity index (χ1v) is 12.5. The molecule has 0 bridgehead atoms. The topological polar surface area (TPSA) is 30.5 Å². The van der Waals surface area contributed by atoms with Gasteiger partial charge >= 0.3 is 0 Å². The summed E-state index contributed by atoms with van der Waals surface area (Å²) < 4.78 is 12.7. The number of allylic oxidation sites excluding steroid dienone is 2. The summed E-state index contributed by atoms with van der Waals surface area (Å²) in [6.45, 7) is 0.300. The number of hydrogen-bond acceptors (Lipinski definition) is 3. The van der Waals surface area contributed by atoms with Gasteiger partial charge in [-0.15, -0.1) is 0 Å². The van der Waals surface area contributed by atoms with Crippen LogP contribution < -0.4 is 14.8 Å². The first kappa shape index (κ1) is 22.9. The van der Waals surface area contributed by atoms with Gasteiger partial charge in [0.1, 0.15) is 6.61 Å². The van der Waals surface area contributed by atoms with Crippen molar-refractivity contribution < 1.29 is 9.47 Å². The van der Waals surface area contributed by atoms with Gasteiger partial charge in [0.15, 0.2) is 11.5 Å². The van der Waals surface area contributed by atoms with E-state index in [4.69, 9.17) is 44.3 Å². The molecule has 0 saturated carbocycles. The number of ether oxygens (including phenoxy) is 2. The second kappa shape index (κ2) is 9.42. The van der Waals surface area contributed by atoms with E-state index in [0.717, 1.165) is 32.7 Å². The molecule has 1 aliphatic carbocycles. The fourth-order valence-electron chi connectivity index (χ4n) is 4.74. The Hall–Kier alpha value is -1.85. The van der Waals surface area contributed by atoms with Gasteiger partial charge in [-0.25, -0.2) is 0 Å². The molecule has 3 atom stereocenters. The van der Waals surface area contributed by atoms with Crippen molar-refractivity contribution in [1.82, 2.24) is 0 Å². The third-order valence-electron chi connectivity index (χ3n) is 6.32. The molecule has 3 aromatic carbocycles. The van der Waals surface area contributed by atoms with E-state index >= 15 is 0 Å². The summed E-state index contributed by atoms with van der Waals surface area (Å²) in [6, 6.07) is 15.7. The molecule has 7 heteroatoms. The molecule has 0 amide bonds. The summed E-state index contributed by atoms with van der Waals surface area (Å²) in [6.07, 6.45) is 5.56. The van der Waals surface area contributed by atoms with Crippen LogP contribution in [0.25, 0.3) is 0 Å². The highest BCUT2D eigenvalue weighted by Gasteiger charge is 2.38. The van der Waals surface area contributed by atoms with Gasteiger partial charge in [-0.2, -0.15) is 0 Å². The van der Waals surface area contributed by atoms with Crippen molar-refractivity contribution in [2.75, 3.05) is 12.4 Å². The minimum absolute atomic E-state index is 0.128. The van der Waals surface area contributed by atoms with Crippen molar-refractivity contribution in [1.29, 1.82) is 0 Å². The first-order chi connectivity index (χ1) is 15.9. The van der Waals surface area contributed by atoms with Crippen LogP contribution in [0.2, 0.25) is 15.1 Å². The number of halogens is 4. The molecule has 2 aliphatic rings. The number of rotatable bonds is 5. The Labute approximate surface area is 216 Å². The van der Waals surface area contributed by atoms with Crippen LogP contribution >= 0.6 is 50.7 Å². The van der Waals surface area contributed by atoms with Crippen LogP contribution in [0.1, 0.15) is 35.1 Å². The molecule has 1 aliphatic heterocycles. The highest BCUT2D eigenvalue weighted by Crippen LogP contribution is 2.51. The van der Waals surface area contributed by atoms with Gasteiger partial charge in [-0.05, 0) is 81.9 Å². The maximum atomic E-state index is 6.31. The highest BCUT2D eigenvalue weighted by molar-refractivity contribution is 9.10. The Bertz CT molecular complexity index is 1250. The number of hydrogen-bond donors (Lipinski definition) is 1. The molecule has 1 heterocycles. The van der Waals surface area contributed by atoms with E-state index in [2.05, 4.69) is 57.7 Å². The zero-order chi connectivity index (χ0) is 23.1. The van der Waals surface area contributed by atoms with Crippen LogP contribution in [-0.2, 0) is 6.61 Å². The van der Waals surface area contributed by atoms with Crippen molar-refractivity contribution in [3.05, 3.63) is 96.9 Å². The van der Waals surface area contributed by atoms with Crippen LogP contribution in [0, 0.1) is 5.92 Å². The summed E-state index contributed by atoms with van der Waals surface area (Å²) in [5.41, 5.74) is 4.35. The Morgan fingerprint density at radius 2 is 1.82 bits per heavy atom. The summed E-state index contributed by atoms with van der Waals surface area (Å²) in [7, 11) is 1.65. The van der Waals surface area contributed by atoms with Crippen LogP contribution in [0.4, 0.5) is 5.69 Å². The average Bonchev–Trinajstić information content (AvgIpc) is 3.29. The Balaban J connectivity index is 1.45. The molecule has 5 rings (SSSR count). The smallest absolute Gasteiger partial charge is 0.175 e. The molecular weight excluding hydrogens is 545 g/mol. The average molecular weight is 566 g/mol. The summed E-state index contributed by atoms with van der Waals surface area (Å²) in [5.74, 6) is 2.02. The zero-order valence-electron chi connectivity index (χ0n) is 17.7. The zero-order valence-corrected chi connectivity index (χ0v) is 21.6. The van der Waals surface area contributed by atoms with Crippen molar-refractivity contribution >= 4 is 56.4 Å². The predicted molar refractivity (Wildman–Crippen MR) is 139 cm³/mol. The lowest BCUT2D eigenvalue weighted by Crippen LogP contribution is -2.29. The minimum Gasteiger partial charge on any atom is -0.493 e. The van der Waals surface area contributed by atoms with Crippen molar-refractivity contribution in [3.8, 4) is 11.5 Å². The van der Waals surface area contributed by atoms with Gasteiger partial charge in [0.05, 0.1) is 17.6 Å². The normalized spacial score (nSPS) is 20.7. The van der Waals surface area contributed by atoms with E-state index in [9.17, 15) is 0 Å². The standard InChI is InChI=1S/C26H21BrCl3NO2/c1-32-24-10-15(9-21(27)26(24)33-13-14-5-6-17(29)12-22(14)30)25-19-4-2-3-18(19)20-11-16(28)7-8-23(20)31-25/h2-3,5-12,18-19,25,31H,4,13H2,1H3/t18-,19+,25+/m1/s1. The number of methoxy groups -OCH3 is 1. The lowest BCUT2D eigenvalue weighted by molar-refractivity contribution is 0.282. The lowest BCUT2D eigenvalue weighted by atomic mass is 9.77. The molecule has 0 saturated heterocycles. The van der Waals surface area contributed by atoms with Crippen molar-refractivity contribution in [3.63, 3.8) is 0 Å². The maximum absolute atomic E-state index is 6.31. The van der Waals surface area contributed by atoms with Crippen LogP contribution in [0.3, 0.4) is 0 Å². The summed E-state index contributed by atoms with van der Waals surface area (Å²) in [5, 5.41) is 5.66. The maximum Gasteiger partial charge on any atom is 0.175 e. The number of benzene rings is 3. The van der Waals surface area contributed by atoms with Gasteiger partial charge in [0, 0.05) is 32.2 Å². The highest BCUT2D eigenvalue weighted by atomic mass is 79.9. The molecule has 3 nitrogen and oxygen atoms in total. The molecule has 0 fully saturated rings. The van der Waals surface area contributed by atoms with Crippen molar-refractivity contribution in [2.24, 2.45) is 5.92 Å². The fourth-order valence-corrected chi connectivity index (χ4v) is 5.96. The molecule has 0 unspecified atom stereocenters. The second-order valence-corrected chi connectivity index (χ2v) is 10.4. The Morgan fingerprint density at radius 1 is 1.03 bits per heavy atom. The molecule has 170 valence electrons. The fraction of sp³-hybridized carbons (Fsp3) is 0.231. The van der Waals surface area contributed by atoms with E-state index in [1.165, 1.54) is 5.56 Å². The number of nitrogens with one attached hydrogen (secondary N) is 1. The van der Waals surface area contributed by atoms with E-state index in [1.807, 2.05) is 12.1 Å². The van der Waals surface area contributed by atoms with Gasteiger partial charge in [0.25, 0.3) is 0 Å². The molecule has 3 aromatic rings. The molecule has 0 aromatic heterocycles. The minimum atomic E-state index is 0.128. The molecule has 1 N–H and O–H groups in total. The SMILES string of the molecule is COc1cc([C@@H]2Nc3ccc(Cl)cc3[C@@H]3C=CC[C@@H]32)cc(Br)c1OCc1ccc(Cl)cc1Cl. The van der Waals surface area contributed by atoms with Crippen LogP contribution in [0.15, 0.2) is 65.2 Å². The molecule has 0 spiro atoms. The van der Waals surface area contributed by atoms with E-state index in [0.29, 0.717) is 40.0 Å². The third kappa shape index (κ3) is 4.46. The molecule has 0 radical (unpaired) electrons. The van der Waals surface area contributed by atoms with E-state index < -0.39 is 0 Å². The van der Waals surface area contributed by atoms with E-state index in [1.54, 1.807) is 19.2 Å².